The number of benzene rings is 3. The topological polar surface area (TPSA) is 81.1 Å². The lowest BCUT2D eigenvalue weighted by Crippen LogP contribution is -2.24. The minimum absolute atomic E-state index is 0.144. The lowest BCUT2D eigenvalue weighted by molar-refractivity contribution is 0.0951. The lowest BCUT2D eigenvalue weighted by Gasteiger charge is -2.11. The fraction of sp³-hybridized carbons (Fsp3) is 0.111. The Kier molecular flexibility index (Phi) is 4.76. The Hall–Kier alpha value is -3.61. The van der Waals surface area contributed by atoms with Gasteiger partial charge in [-0.1, -0.05) is 17.7 Å². The largest absolute Gasteiger partial charge is 0.455 e. The SMILES string of the molecule is Cc1cc(N)nc(C)c1CNC(=O)c1ccc2c(c1)c1oc2c2ccc(-c3ccc(Cl)s3)cc21. The molecule has 2 bridgehead atoms. The van der Waals surface area contributed by atoms with E-state index in [0.29, 0.717) is 17.9 Å². The average molecular weight is 486 g/mol. The molecule has 0 radical (unpaired) electrons. The van der Waals surface area contributed by atoms with Crippen LogP contribution in [0.1, 0.15) is 27.2 Å². The van der Waals surface area contributed by atoms with Crippen molar-refractivity contribution in [3.8, 4) is 10.4 Å². The smallest absolute Gasteiger partial charge is 0.251 e. The Balaban J connectivity index is 1.35. The van der Waals surface area contributed by atoms with Gasteiger partial charge in [0.1, 0.15) is 17.0 Å². The minimum atomic E-state index is -0.144. The third kappa shape index (κ3) is 3.30. The van der Waals surface area contributed by atoms with Gasteiger partial charge in [-0.3, -0.25) is 4.79 Å². The van der Waals surface area contributed by atoms with E-state index in [9.17, 15) is 4.79 Å². The molecule has 5 nitrogen and oxygen atoms in total. The lowest BCUT2D eigenvalue weighted by atomic mass is 9.99. The van der Waals surface area contributed by atoms with Crippen LogP contribution in [0, 0.1) is 13.8 Å². The molecular weight excluding hydrogens is 466 g/mol. The van der Waals surface area contributed by atoms with E-state index in [1.54, 1.807) is 11.3 Å². The molecule has 2 aromatic carbocycles. The van der Waals surface area contributed by atoms with Crippen LogP contribution in [0.3, 0.4) is 0 Å². The number of hydrogen-bond acceptors (Lipinski definition) is 5. The van der Waals surface area contributed by atoms with E-state index in [4.69, 9.17) is 21.8 Å². The molecule has 0 aliphatic heterocycles. The Bertz CT molecular complexity index is 1710. The van der Waals surface area contributed by atoms with Gasteiger partial charge in [0.05, 0.1) is 4.34 Å². The number of carbonyl (C=O) groups excluding carboxylic acids is 1. The van der Waals surface area contributed by atoms with E-state index in [-0.39, 0.29) is 5.91 Å². The number of anilines is 1. The molecule has 3 N–H and O–H groups in total. The van der Waals surface area contributed by atoms with Crippen LogP contribution in [-0.2, 0) is 6.54 Å². The van der Waals surface area contributed by atoms with Crippen molar-refractivity contribution in [2.75, 3.05) is 5.73 Å². The Morgan fingerprint density at radius 1 is 1.00 bits per heavy atom. The van der Waals surface area contributed by atoms with E-state index in [1.165, 1.54) is 0 Å². The van der Waals surface area contributed by atoms with Gasteiger partial charge in [-0.05, 0) is 79.1 Å². The van der Waals surface area contributed by atoms with Gasteiger partial charge >= 0.3 is 0 Å². The second-order valence-corrected chi connectivity index (χ2v) is 10.2. The van der Waals surface area contributed by atoms with Gasteiger partial charge < -0.3 is 15.5 Å². The molecule has 1 amide bonds. The second-order valence-electron chi connectivity index (χ2n) is 8.50. The zero-order valence-corrected chi connectivity index (χ0v) is 20.1. The van der Waals surface area contributed by atoms with E-state index >= 15 is 0 Å². The number of nitrogen functional groups attached to an aromatic ring is 1. The van der Waals surface area contributed by atoms with Crippen molar-refractivity contribution < 1.29 is 9.21 Å². The second kappa shape index (κ2) is 7.72. The normalized spacial score (nSPS) is 11.7. The molecule has 0 fully saturated rings. The molecule has 6 aromatic rings. The van der Waals surface area contributed by atoms with Crippen LogP contribution in [0.4, 0.5) is 5.82 Å². The number of rotatable bonds is 4. The molecule has 4 aromatic heterocycles. The fourth-order valence-corrected chi connectivity index (χ4v) is 5.70. The van der Waals surface area contributed by atoms with Crippen molar-refractivity contribution in [2.45, 2.75) is 20.4 Å². The molecule has 6 rings (SSSR count). The van der Waals surface area contributed by atoms with Crippen molar-refractivity contribution in [1.29, 1.82) is 0 Å². The summed E-state index contributed by atoms with van der Waals surface area (Å²) in [5.74, 6) is 0.341. The first-order chi connectivity index (χ1) is 16.4. The first-order valence-corrected chi connectivity index (χ1v) is 12.1. The number of amides is 1. The first-order valence-electron chi connectivity index (χ1n) is 10.9. The summed E-state index contributed by atoms with van der Waals surface area (Å²) in [5.41, 5.74) is 12.0. The molecule has 34 heavy (non-hydrogen) atoms. The molecule has 0 atom stereocenters. The number of carbonyl (C=O) groups is 1. The third-order valence-electron chi connectivity index (χ3n) is 6.34. The quantitative estimate of drug-likeness (QED) is 0.261. The van der Waals surface area contributed by atoms with Crippen LogP contribution in [0.5, 0.6) is 0 Å². The summed E-state index contributed by atoms with van der Waals surface area (Å²) in [6.45, 7) is 4.26. The Morgan fingerprint density at radius 2 is 1.74 bits per heavy atom. The molecule has 7 heteroatoms. The highest BCUT2D eigenvalue weighted by atomic mass is 35.5. The summed E-state index contributed by atoms with van der Waals surface area (Å²) in [5, 5.41) is 7.09. The highest BCUT2D eigenvalue weighted by Crippen LogP contribution is 2.43. The zero-order valence-electron chi connectivity index (χ0n) is 18.5. The van der Waals surface area contributed by atoms with Crippen LogP contribution < -0.4 is 11.1 Å². The molecule has 0 aliphatic carbocycles. The van der Waals surface area contributed by atoms with Crippen molar-refractivity contribution in [2.24, 2.45) is 0 Å². The summed E-state index contributed by atoms with van der Waals surface area (Å²) in [6, 6.07) is 17.8. The molecule has 0 spiro atoms. The highest BCUT2D eigenvalue weighted by Gasteiger charge is 2.20. The first kappa shape index (κ1) is 21.0. The number of aromatic nitrogens is 1. The van der Waals surface area contributed by atoms with Gasteiger partial charge in [0, 0.05) is 44.2 Å². The number of furan rings is 2. The molecule has 0 unspecified atom stereocenters. The van der Waals surface area contributed by atoms with Gasteiger partial charge in [0.15, 0.2) is 0 Å². The summed E-state index contributed by atoms with van der Waals surface area (Å²) in [4.78, 5) is 18.4. The molecule has 4 heterocycles. The maximum atomic E-state index is 13.0. The predicted molar refractivity (Wildman–Crippen MR) is 140 cm³/mol. The number of nitrogens with zero attached hydrogens (tertiary/aromatic N) is 1. The van der Waals surface area contributed by atoms with E-state index < -0.39 is 0 Å². The van der Waals surface area contributed by atoms with Crippen molar-refractivity contribution in [3.63, 3.8) is 0 Å². The van der Waals surface area contributed by atoms with Gasteiger partial charge in [-0.2, -0.15) is 0 Å². The molecule has 168 valence electrons. The van der Waals surface area contributed by atoms with E-state index in [0.717, 1.165) is 64.3 Å². The van der Waals surface area contributed by atoms with Crippen LogP contribution in [0.25, 0.3) is 43.2 Å². The number of pyridine rings is 1. The number of aryl methyl sites for hydroxylation is 2. The standard InChI is InChI=1S/C27H20ClN3O2S/c1-13-9-24(29)31-14(2)21(13)12-30-27(32)16-4-6-18-20(11-16)26-19-10-15(22-7-8-23(28)34-22)3-5-17(19)25(18)33-26/h3-11H,12H2,1-2H3,(H2,29,31)(H,30,32). The highest BCUT2D eigenvalue weighted by molar-refractivity contribution is 7.19. The van der Waals surface area contributed by atoms with E-state index in [2.05, 4.69) is 28.5 Å². The van der Waals surface area contributed by atoms with Gasteiger partial charge in [-0.25, -0.2) is 4.98 Å². The monoisotopic (exact) mass is 485 g/mol. The van der Waals surface area contributed by atoms with Crippen LogP contribution >= 0.6 is 22.9 Å². The summed E-state index contributed by atoms with van der Waals surface area (Å²) >= 11 is 7.68. The van der Waals surface area contributed by atoms with Gasteiger partial charge in [-0.15, -0.1) is 11.3 Å². The van der Waals surface area contributed by atoms with Crippen molar-refractivity contribution in [3.05, 3.63) is 81.3 Å². The summed E-state index contributed by atoms with van der Waals surface area (Å²) < 4.78 is 6.94. The molecule has 0 saturated carbocycles. The molecular formula is C27H20ClN3O2S. The number of fused-ring (bicyclic) bond motifs is 8. The van der Waals surface area contributed by atoms with Gasteiger partial charge in [0.2, 0.25) is 0 Å². The van der Waals surface area contributed by atoms with Crippen molar-refractivity contribution in [1.82, 2.24) is 10.3 Å². The Morgan fingerprint density at radius 3 is 2.47 bits per heavy atom. The summed E-state index contributed by atoms with van der Waals surface area (Å²) in [7, 11) is 0. The maximum absolute atomic E-state index is 13.0. The minimum Gasteiger partial charge on any atom is -0.455 e. The fourth-order valence-electron chi connectivity index (χ4n) is 4.66. The predicted octanol–water partition coefficient (Wildman–Crippen LogP) is 7.08. The summed E-state index contributed by atoms with van der Waals surface area (Å²) in [6.07, 6.45) is 0. The number of halogens is 1. The zero-order chi connectivity index (χ0) is 23.6. The van der Waals surface area contributed by atoms with E-state index in [1.807, 2.05) is 50.2 Å². The third-order valence-corrected chi connectivity index (χ3v) is 7.62. The van der Waals surface area contributed by atoms with Crippen molar-refractivity contribution >= 4 is 67.4 Å². The average Bonchev–Trinajstić information content (AvgIpc) is 3.51. The number of thiophene rings is 1. The number of hydrogen-bond donors (Lipinski definition) is 2. The van der Waals surface area contributed by atoms with Crippen LogP contribution in [0.2, 0.25) is 4.34 Å². The van der Waals surface area contributed by atoms with Crippen LogP contribution in [-0.4, -0.2) is 10.9 Å². The molecule has 0 aliphatic rings. The Labute approximate surface area is 204 Å². The van der Waals surface area contributed by atoms with Gasteiger partial charge in [0.25, 0.3) is 5.91 Å². The number of nitrogens with one attached hydrogen (secondary N) is 1. The maximum Gasteiger partial charge on any atom is 0.251 e. The van der Waals surface area contributed by atoms with Crippen LogP contribution in [0.15, 0.2) is 59.0 Å². The molecule has 0 saturated heterocycles. The number of nitrogens with two attached hydrogens (primary N) is 1.